The first-order valence-corrected chi connectivity index (χ1v) is 8.34. The van der Waals surface area contributed by atoms with Crippen molar-refractivity contribution < 1.29 is 9.21 Å². The van der Waals surface area contributed by atoms with Crippen molar-refractivity contribution in [3.63, 3.8) is 0 Å². The van der Waals surface area contributed by atoms with Crippen LogP contribution in [0.25, 0.3) is 0 Å². The van der Waals surface area contributed by atoms with Gasteiger partial charge in [0.1, 0.15) is 5.76 Å². The average Bonchev–Trinajstić information content (AvgIpc) is 3.22. The molecule has 3 rings (SSSR count). The summed E-state index contributed by atoms with van der Waals surface area (Å²) in [6, 6.07) is 11.4. The fourth-order valence-corrected chi connectivity index (χ4v) is 3.10. The van der Waals surface area contributed by atoms with E-state index in [9.17, 15) is 4.79 Å². The van der Waals surface area contributed by atoms with Crippen LogP contribution >= 0.6 is 15.9 Å². The molecule has 5 heteroatoms. The van der Waals surface area contributed by atoms with E-state index in [4.69, 9.17) is 4.42 Å². The minimum atomic E-state index is -0.0525. The highest BCUT2D eigenvalue weighted by molar-refractivity contribution is 9.10. The van der Waals surface area contributed by atoms with E-state index in [1.165, 1.54) is 12.8 Å². The number of halogens is 1. The summed E-state index contributed by atoms with van der Waals surface area (Å²) in [6.45, 7) is 2.67. The van der Waals surface area contributed by atoms with Crippen LogP contribution in [-0.4, -0.2) is 30.4 Å². The Morgan fingerprint density at radius 1 is 1.23 bits per heavy atom. The highest BCUT2D eigenvalue weighted by Gasteiger charge is 2.25. The fraction of sp³-hybridized carbons (Fsp3) is 0.353. The third-order valence-corrected chi connectivity index (χ3v) is 4.54. The Balaban J connectivity index is 1.66. The van der Waals surface area contributed by atoms with Gasteiger partial charge in [-0.2, -0.15) is 0 Å². The topological polar surface area (TPSA) is 45.5 Å². The first-order chi connectivity index (χ1) is 10.7. The molecular formula is C17H19BrN2O2. The molecule has 1 N–H and O–H groups in total. The lowest BCUT2D eigenvalue weighted by molar-refractivity contribution is 0.0934. The number of benzene rings is 1. The summed E-state index contributed by atoms with van der Waals surface area (Å²) in [5.41, 5.74) is 0.669. The second kappa shape index (κ2) is 7.11. The van der Waals surface area contributed by atoms with Crippen LogP contribution in [0.1, 0.15) is 35.0 Å². The molecule has 1 amide bonds. The van der Waals surface area contributed by atoms with Gasteiger partial charge in [0, 0.05) is 16.6 Å². The quantitative estimate of drug-likeness (QED) is 0.883. The zero-order valence-corrected chi connectivity index (χ0v) is 13.9. The standard InChI is InChI=1S/C17H19BrN2O2/c18-14-7-5-13(6-8-14)17(21)19-12-15(16-4-3-11-22-16)20-9-1-2-10-20/h3-8,11,15H,1-2,9-10,12H2,(H,19,21)/t15-/m1/s1. The molecule has 0 unspecified atom stereocenters. The zero-order valence-electron chi connectivity index (χ0n) is 12.3. The van der Waals surface area contributed by atoms with Gasteiger partial charge in [0.15, 0.2) is 0 Å². The number of carbonyl (C=O) groups is 1. The lowest BCUT2D eigenvalue weighted by Crippen LogP contribution is -2.36. The zero-order chi connectivity index (χ0) is 15.4. The minimum Gasteiger partial charge on any atom is -0.468 e. The van der Waals surface area contributed by atoms with E-state index < -0.39 is 0 Å². The summed E-state index contributed by atoms with van der Waals surface area (Å²) in [7, 11) is 0. The first kappa shape index (κ1) is 15.3. The molecule has 1 fully saturated rings. The van der Waals surface area contributed by atoms with Gasteiger partial charge >= 0.3 is 0 Å². The Morgan fingerprint density at radius 3 is 2.59 bits per heavy atom. The normalized spacial score (nSPS) is 16.6. The van der Waals surface area contributed by atoms with Crippen LogP contribution in [0.15, 0.2) is 51.6 Å². The van der Waals surface area contributed by atoms with E-state index in [-0.39, 0.29) is 11.9 Å². The van der Waals surface area contributed by atoms with E-state index in [1.807, 2.05) is 36.4 Å². The first-order valence-electron chi connectivity index (χ1n) is 7.55. The maximum Gasteiger partial charge on any atom is 0.251 e. The van der Waals surface area contributed by atoms with Gasteiger partial charge in [0.25, 0.3) is 5.91 Å². The number of nitrogens with zero attached hydrogens (tertiary/aromatic N) is 1. The van der Waals surface area contributed by atoms with Crippen molar-refractivity contribution >= 4 is 21.8 Å². The number of hydrogen-bond acceptors (Lipinski definition) is 3. The van der Waals surface area contributed by atoms with Crippen molar-refractivity contribution in [2.45, 2.75) is 18.9 Å². The van der Waals surface area contributed by atoms with Crippen LogP contribution in [0, 0.1) is 0 Å². The largest absolute Gasteiger partial charge is 0.468 e. The maximum absolute atomic E-state index is 12.3. The molecule has 116 valence electrons. The molecule has 0 spiro atoms. The summed E-state index contributed by atoms with van der Waals surface area (Å²) in [6.07, 6.45) is 4.10. The fourth-order valence-electron chi connectivity index (χ4n) is 2.84. The number of nitrogens with one attached hydrogen (secondary N) is 1. The molecule has 0 aliphatic carbocycles. The van der Waals surface area contributed by atoms with Crippen molar-refractivity contribution in [2.24, 2.45) is 0 Å². The van der Waals surface area contributed by atoms with Crippen molar-refractivity contribution in [1.82, 2.24) is 10.2 Å². The molecule has 2 aromatic rings. The highest BCUT2D eigenvalue weighted by Crippen LogP contribution is 2.25. The van der Waals surface area contributed by atoms with E-state index >= 15 is 0 Å². The van der Waals surface area contributed by atoms with Crippen LogP contribution in [0.2, 0.25) is 0 Å². The molecule has 1 atom stereocenters. The Bertz CT molecular complexity index is 604. The summed E-state index contributed by atoms with van der Waals surface area (Å²) < 4.78 is 6.53. The van der Waals surface area contributed by atoms with Crippen molar-refractivity contribution in [2.75, 3.05) is 19.6 Å². The summed E-state index contributed by atoms with van der Waals surface area (Å²) in [4.78, 5) is 14.6. The maximum atomic E-state index is 12.3. The number of hydrogen-bond donors (Lipinski definition) is 1. The molecule has 0 bridgehead atoms. The summed E-state index contributed by atoms with van der Waals surface area (Å²) in [5, 5.41) is 3.03. The Hall–Kier alpha value is -1.59. The SMILES string of the molecule is O=C(NC[C@H](c1ccco1)N1CCCC1)c1ccc(Br)cc1. The second-order valence-corrected chi connectivity index (χ2v) is 6.41. The van der Waals surface area contributed by atoms with Crippen LogP contribution in [0.3, 0.4) is 0 Å². The predicted molar refractivity (Wildman–Crippen MR) is 88.7 cm³/mol. The molecule has 0 radical (unpaired) electrons. The van der Waals surface area contributed by atoms with Crippen LogP contribution in [0.4, 0.5) is 0 Å². The Kier molecular flexibility index (Phi) is 4.95. The second-order valence-electron chi connectivity index (χ2n) is 5.49. The van der Waals surface area contributed by atoms with Gasteiger partial charge in [0.05, 0.1) is 12.3 Å². The lowest BCUT2D eigenvalue weighted by Gasteiger charge is -2.26. The van der Waals surface area contributed by atoms with Crippen LogP contribution in [0.5, 0.6) is 0 Å². The highest BCUT2D eigenvalue weighted by atomic mass is 79.9. The minimum absolute atomic E-state index is 0.0525. The molecule has 4 nitrogen and oxygen atoms in total. The Labute approximate surface area is 138 Å². The number of carbonyl (C=O) groups excluding carboxylic acids is 1. The molecule has 1 aromatic carbocycles. The van der Waals surface area contributed by atoms with Gasteiger partial charge in [-0.3, -0.25) is 9.69 Å². The number of furan rings is 1. The third kappa shape index (κ3) is 3.59. The van der Waals surface area contributed by atoms with Gasteiger partial charge in [0.2, 0.25) is 0 Å². The van der Waals surface area contributed by atoms with Crippen LogP contribution in [-0.2, 0) is 0 Å². The lowest BCUT2D eigenvalue weighted by atomic mass is 10.1. The van der Waals surface area contributed by atoms with Gasteiger partial charge in [-0.25, -0.2) is 0 Å². The van der Waals surface area contributed by atoms with Gasteiger partial charge in [-0.1, -0.05) is 15.9 Å². The predicted octanol–water partition coefficient (Wildman–Crippen LogP) is 3.61. The van der Waals surface area contributed by atoms with Gasteiger partial charge in [-0.15, -0.1) is 0 Å². The molecule has 1 aromatic heterocycles. The molecule has 1 aliphatic heterocycles. The molecule has 1 saturated heterocycles. The number of amides is 1. The third-order valence-electron chi connectivity index (χ3n) is 4.02. The Morgan fingerprint density at radius 2 is 1.95 bits per heavy atom. The number of rotatable bonds is 5. The molecule has 22 heavy (non-hydrogen) atoms. The van der Waals surface area contributed by atoms with Crippen molar-refractivity contribution in [3.8, 4) is 0 Å². The van der Waals surface area contributed by atoms with E-state index in [1.54, 1.807) is 6.26 Å². The molecule has 1 aliphatic rings. The van der Waals surface area contributed by atoms with E-state index in [2.05, 4.69) is 26.1 Å². The van der Waals surface area contributed by atoms with Crippen molar-refractivity contribution in [3.05, 3.63) is 58.5 Å². The smallest absolute Gasteiger partial charge is 0.251 e. The van der Waals surface area contributed by atoms with E-state index in [0.717, 1.165) is 23.3 Å². The van der Waals surface area contributed by atoms with Crippen molar-refractivity contribution in [1.29, 1.82) is 0 Å². The molecule has 2 heterocycles. The van der Waals surface area contributed by atoms with Gasteiger partial charge in [-0.05, 0) is 62.3 Å². The molecular weight excluding hydrogens is 344 g/mol. The summed E-state index contributed by atoms with van der Waals surface area (Å²) >= 11 is 3.38. The molecule has 0 saturated carbocycles. The van der Waals surface area contributed by atoms with Crippen LogP contribution < -0.4 is 5.32 Å². The van der Waals surface area contributed by atoms with Gasteiger partial charge < -0.3 is 9.73 Å². The summed E-state index contributed by atoms with van der Waals surface area (Å²) in [5.74, 6) is 0.862. The monoisotopic (exact) mass is 362 g/mol. The van der Waals surface area contributed by atoms with E-state index in [0.29, 0.717) is 12.1 Å². The number of likely N-dealkylation sites (tertiary alicyclic amines) is 1. The average molecular weight is 363 g/mol.